The van der Waals surface area contributed by atoms with E-state index in [9.17, 15) is 4.79 Å². The summed E-state index contributed by atoms with van der Waals surface area (Å²) in [7, 11) is 1.64. The highest BCUT2D eigenvalue weighted by Crippen LogP contribution is 2.10. The molecule has 0 aliphatic carbocycles. The van der Waals surface area contributed by atoms with E-state index < -0.39 is 0 Å². The summed E-state index contributed by atoms with van der Waals surface area (Å²) in [5, 5.41) is 9.57. The molecule has 0 spiro atoms. The molecular weight excluding hydrogens is 252 g/mol. The number of primary amides is 1. The van der Waals surface area contributed by atoms with Crippen molar-refractivity contribution in [1.82, 2.24) is 5.06 Å². The predicted molar refractivity (Wildman–Crippen MR) is 85.7 cm³/mol. The van der Waals surface area contributed by atoms with E-state index in [0.717, 1.165) is 25.8 Å². The van der Waals surface area contributed by atoms with Crippen molar-refractivity contribution in [2.75, 3.05) is 13.6 Å². The van der Waals surface area contributed by atoms with Crippen LogP contribution in [0.5, 0.6) is 0 Å². The van der Waals surface area contributed by atoms with E-state index in [1.807, 2.05) is 6.92 Å². The number of nitrogens with zero attached hydrogens (tertiary/aromatic N) is 1. The zero-order chi connectivity index (χ0) is 15.6. The Labute approximate surface area is 125 Å². The fourth-order valence-corrected chi connectivity index (χ4v) is 1.93. The molecule has 0 aromatic heterocycles. The standard InChI is InChI=1S/C12H25NO.C4H11NO/c1-2-3-4-5-6-7-8-9-10-11-12(13)14;1-3-4-5(2)6/h2-11H2,1H3,(H2,13,14);6H,3-4H2,1-2H3. The summed E-state index contributed by atoms with van der Waals surface area (Å²) >= 11 is 0. The van der Waals surface area contributed by atoms with Crippen LogP contribution < -0.4 is 5.73 Å². The van der Waals surface area contributed by atoms with Gasteiger partial charge in [0.1, 0.15) is 0 Å². The largest absolute Gasteiger partial charge is 0.370 e. The first-order chi connectivity index (χ1) is 9.54. The van der Waals surface area contributed by atoms with Gasteiger partial charge in [-0.25, -0.2) is 0 Å². The molecule has 0 saturated heterocycles. The summed E-state index contributed by atoms with van der Waals surface area (Å²) in [5.41, 5.74) is 5.05. The molecule has 0 radical (unpaired) electrons. The number of hydrogen-bond acceptors (Lipinski definition) is 3. The molecule has 0 aromatic rings. The van der Waals surface area contributed by atoms with Crippen molar-refractivity contribution in [2.45, 2.75) is 84.5 Å². The van der Waals surface area contributed by atoms with Crippen molar-refractivity contribution < 1.29 is 10.0 Å². The highest BCUT2D eigenvalue weighted by Gasteiger charge is 1.94. The summed E-state index contributed by atoms with van der Waals surface area (Å²) in [6.45, 7) is 5.02. The summed E-state index contributed by atoms with van der Waals surface area (Å²) in [6, 6.07) is 0. The van der Waals surface area contributed by atoms with Gasteiger partial charge in [0, 0.05) is 20.0 Å². The number of unbranched alkanes of at least 4 members (excludes halogenated alkanes) is 8. The Balaban J connectivity index is 0. The number of rotatable bonds is 12. The van der Waals surface area contributed by atoms with E-state index in [4.69, 9.17) is 10.9 Å². The van der Waals surface area contributed by atoms with Gasteiger partial charge in [-0.2, -0.15) is 5.06 Å². The van der Waals surface area contributed by atoms with E-state index in [0.29, 0.717) is 6.42 Å². The maximum absolute atomic E-state index is 10.4. The number of hydroxylamine groups is 2. The van der Waals surface area contributed by atoms with Crippen LogP contribution >= 0.6 is 0 Å². The van der Waals surface area contributed by atoms with Crippen LogP contribution in [0.4, 0.5) is 0 Å². The van der Waals surface area contributed by atoms with Crippen LogP contribution in [0, 0.1) is 0 Å². The lowest BCUT2D eigenvalue weighted by molar-refractivity contribution is -0.118. The van der Waals surface area contributed by atoms with Crippen LogP contribution in [0.1, 0.15) is 84.5 Å². The van der Waals surface area contributed by atoms with Crippen LogP contribution in [0.3, 0.4) is 0 Å². The van der Waals surface area contributed by atoms with E-state index in [2.05, 4.69) is 6.92 Å². The molecule has 0 saturated carbocycles. The molecule has 1 amide bonds. The minimum absolute atomic E-state index is 0.159. The predicted octanol–water partition coefficient (Wildman–Crippen LogP) is 4.11. The lowest BCUT2D eigenvalue weighted by Gasteiger charge is -2.01. The minimum atomic E-state index is -0.159. The number of amides is 1. The number of carbonyl (C=O) groups is 1. The maximum atomic E-state index is 10.4. The van der Waals surface area contributed by atoms with Crippen molar-refractivity contribution in [3.63, 3.8) is 0 Å². The van der Waals surface area contributed by atoms with Gasteiger partial charge in [0.25, 0.3) is 0 Å². The molecular formula is C16H36N2O2. The van der Waals surface area contributed by atoms with Crippen molar-refractivity contribution in [3.8, 4) is 0 Å². The quantitative estimate of drug-likeness (QED) is 0.419. The first-order valence-corrected chi connectivity index (χ1v) is 8.22. The molecule has 122 valence electrons. The van der Waals surface area contributed by atoms with Crippen LogP contribution in [0.15, 0.2) is 0 Å². The van der Waals surface area contributed by atoms with Gasteiger partial charge in [0.05, 0.1) is 0 Å². The van der Waals surface area contributed by atoms with Crippen LogP contribution in [0.2, 0.25) is 0 Å². The van der Waals surface area contributed by atoms with Gasteiger partial charge in [0.15, 0.2) is 0 Å². The zero-order valence-electron chi connectivity index (χ0n) is 13.9. The lowest BCUT2D eigenvalue weighted by atomic mass is 10.1. The van der Waals surface area contributed by atoms with Crippen LogP contribution in [0.25, 0.3) is 0 Å². The van der Waals surface area contributed by atoms with Gasteiger partial charge < -0.3 is 10.9 Å². The molecule has 4 heteroatoms. The summed E-state index contributed by atoms with van der Waals surface area (Å²) < 4.78 is 0. The average Bonchev–Trinajstić information content (AvgIpc) is 2.37. The molecule has 0 fully saturated rings. The average molecular weight is 288 g/mol. The Bertz CT molecular complexity index is 197. The first kappa shape index (κ1) is 21.7. The second kappa shape index (κ2) is 18.4. The molecule has 3 N–H and O–H groups in total. The van der Waals surface area contributed by atoms with Crippen LogP contribution in [-0.4, -0.2) is 29.8 Å². The highest BCUT2D eigenvalue weighted by atomic mass is 16.5. The zero-order valence-corrected chi connectivity index (χ0v) is 13.9. The molecule has 0 aromatic carbocycles. The number of hydrogen-bond donors (Lipinski definition) is 2. The van der Waals surface area contributed by atoms with Crippen LogP contribution in [-0.2, 0) is 4.79 Å². The summed E-state index contributed by atoms with van der Waals surface area (Å²) in [4.78, 5) is 10.4. The molecule has 0 aliphatic rings. The van der Waals surface area contributed by atoms with E-state index in [1.165, 1.54) is 50.0 Å². The molecule has 20 heavy (non-hydrogen) atoms. The second-order valence-corrected chi connectivity index (χ2v) is 5.43. The Morgan fingerprint density at radius 1 is 0.900 bits per heavy atom. The Morgan fingerprint density at radius 2 is 1.35 bits per heavy atom. The van der Waals surface area contributed by atoms with Gasteiger partial charge in [-0.05, 0) is 12.8 Å². The van der Waals surface area contributed by atoms with Gasteiger partial charge in [-0.15, -0.1) is 0 Å². The third-order valence-electron chi connectivity index (χ3n) is 3.07. The fraction of sp³-hybridized carbons (Fsp3) is 0.938. The van der Waals surface area contributed by atoms with E-state index in [-0.39, 0.29) is 5.91 Å². The maximum Gasteiger partial charge on any atom is 0.217 e. The topological polar surface area (TPSA) is 66.6 Å². The molecule has 0 aliphatic heterocycles. The summed E-state index contributed by atoms with van der Waals surface area (Å²) in [5.74, 6) is -0.159. The fourth-order valence-electron chi connectivity index (χ4n) is 1.93. The molecule has 0 unspecified atom stereocenters. The van der Waals surface area contributed by atoms with Gasteiger partial charge >= 0.3 is 0 Å². The first-order valence-electron chi connectivity index (χ1n) is 8.22. The smallest absolute Gasteiger partial charge is 0.217 e. The molecule has 0 bridgehead atoms. The molecule has 4 nitrogen and oxygen atoms in total. The third-order valence-corrected chi connectivity index (χ3v) is 3.07. The Morgan fingerprint density at radius 3 is 1.65 bits per heavy atom. The normalized spacial score (nSPS) is 10.2. The second-order valence-electron chi connectivity index (χ2n) is 5.43. The van der Waals surface area contributed by atoms with Gasteiger partial charge in [-0.3, -0.25) is 4.79 Å². The molecule has 0 atom stereocenters. The third kappa shape index (κ3) is 26.1. The monoisotopic (exact) mass is 288 g/mol. The molecule has 0 rings (SSSR count). The van der Waals surface area contributed by atoms with E-state index >= 15 is 0 Å². The van der Waals surface area contributed by atoms with Crippen molar-refractivity contribution in [2.24, 2.45) is 5.73 Å². The number of carbonyl (C=O) groups excluding carboxylic acids is 1. The number of nitrogens with two attached hydrogens (primary N) is 1. The van der Waals surface area contributed by atoms with Gasteiger partial charge in [-0.1, -0.05) is 65.2 Å². The van der Waals surface area contributed by atoms with Crippen molar-refractivity contribution >= 4 is 5.91 Å². The van der Waals surface area contributed by atoms with E-state index in [1.54, 1.807) is 7.05 Å². The highest BCUT2D eigenvalue weighted by molar-refractivity contribution is 5.73. The lowest BCUT2D eigenvalue weighted by Crippen LogP contribution is -2.12. The SMILES string of the molecule is CCCCCCCCCCCC(N)=O.CCCN(C)O. The van der Waals surface area contributed by atoms with Crippen molar-refractivity contribution in [1.29, 1.82) is 0 Å². The summed E-state index contributed by atoms with van der Waals surface area (Å²) in [6.07, 6.45) is 13.1. The Hall–Kier alpha value is -0.610. The minimum Gasteiger partial charge on any atom is -0.370 e. The van der Waals surface area contributed by atoms with Gasteiger partial charge in [0.2, 0.25) is 5.91 Å². The molecule has 0 heterocycles. The van der Waals surface area contributed by atoms with Crippen molar-refractivity contribution in [3.05, 3.63) is 0 Å². The Kier molecular flexibility index (Phi) is 19.9.